The van der Waals surface area contributed by atoms with Crippen LogP contribution in [0.15, 0.2) is 41.4 Å². The molecule has 2 rings (SSSR count). The van der Waals surface area contributed by atoms with Crippen molar-refractivity contribution in [2.75, 3.05) is 27.8 Å². The quantitative estimate of drug-likeness (QED) is 0.434. The van der Waals surface area contributed by atoms with Crippen LogP contribution in [0.5, 0.6) is 5.75 Å². The van der Waals surface area contributed by atoms with Crippen LogP contribution in [0.4, 0.5) is 4.39 Å². The summed E-state index contributed by atoms with van der Waals surface area (Å²) in [4.78, 5) is 15.9. The van der Waals surface area contributed by atoms with Crippen molar-refractivity contribution >= 4 is 11.9 Å². The van der Waals surface area contributed by atoms with E-state index < -0.39 is 5.97 Å². The Hall–Kier alpha value is -3.09. The molecule has 0 spiro atoms. The number of aryl methyl sites for hydroxylation is 1. The molecule has 0 bridgehead atoms. The first-order valence-electron chi connectivity index (χ1n) is 8.93. The molecule has 28 heavy (non-hydrogen) atoms. The lowest BCUT2D eigenvalue weighted by molar-refractivity contribution is 0.0597. The lowest BCUT2D eigenvalue weighted by atomic mass is 10.1. The molecule has 0 heterocycles. The third kappa shape index (κ3) is 5.70. The SMILES string of the molecule is CN=C(NCCc1ccc(F)cc1C)NCc1ccc(C(=O)OC)c(OC)c1. The minimum atomic E-state index is -0.440. The number of aliphatic imine (C=N–C) groups is 1. The highest BCUT2D eigenvalue weighted by Gasteiger charge is 2.13. The number of benzene rings is 2. The fourth-order valence-corrected chi connectivity index (χ4v) is 2.79. The topological polar surface area (TPSA) is 72.0 Å². The number of nitrogens with zero attached hydrogens (tertiary/aromatic N) is 1. The van der Waals surface area contributed by atoms with E-state index in [9.17, 15) is 9.18 Å². The molecule has 0 aromatic heterocycles. The van der Waals surface area contributed by atoms with Crippen molar-refractivity contribution in [1.29, 1.82) is 0 Å². The molecule has 7 heteroatoms. The molecule has 2 N–H and O–H groups in total. The molecule has 0 amide bonds. The maximum absolute atomic E-state index is 13.2. The van der Waals surface area contributed by atoms with Gasteiger partial charge >= 0.3 is 5.97 Å². The molecule has 0 atom stereocenters. The van der Waals surface area contributed by atoms with E-state index in [4.69, 9.17) is 9.47 Å². The maximum Gasteiger partial charge on any atom is 0.341 e. The third-order valence-electron chi connectivity index (χ3n) is 4.35. The summed E-state index contributed by atoms with van der Waals surface area (Å²) in [5, 5.41) is 6.45. The second kappa shape index (κ2) is 10.3. The molecule has 150 valence electrons. The number of carbonyl (C=O) groups is 1. The summed E-state index contributed by atoms with van der Waals surface area (Å²) >= 11 is 0. The highest BCUT2D eigenvalue weighted by molar-refractivity contribution is 5.92. The van der Waals surface area contributed by atoms with Crippen LogP contribution in [0.2, 0.25) is 0 Å². The third-order valence-corrected chi connectivity index (χ3v) is 4.35. The van der Waals surface area contributed by atoms with Gasteiger partial charge in [-0.05, 0) is 54.3 Å². The number of hydrogen-bond donors (Lipinski definition) is 2. The highest BCUT2D eigenvalue weighted by atomic mass is 19.1. The first-order chi connectivity index (χ1) is 13.5. The number of hydrogen-bond acceptors (Lipinski definition) is 4. The van der Waals surface area contributed by atoms with Crippen molar-refractivity contribution in [2.24, 2.45) is 4.99 Å². The lowest BCUT2D eigenvalue weighted by Crippen LogP contribution is -2.37. The molecule has 0 unspecified atom stereocenters. The molecule has 0 radical (unpaired) electrons. The highest BCUT2D eigenvalue weighted by Crippen LogP contribution is 2.21. The maximum atomic E-state index is 13.2. The largest absolute Gasteiger partial charge is 0.496 e. The van der Waals surface area contributed by atoms with Crippen molar-refractivity contribution in [3.63, 3.8) is 0 Å². The van der Waals surface area contributed by atoms with E-state index >= 15 is 0 Å². The summed E-state index contributed by atoms with van der Waals surface area (Å²) in [5.41, 5.74) is 3.34. The summed E-state index contributed by atoms with van der Waals surface area (Å²) in [7, 11) is 4.54. The Morgan fingerprint density at radius 3 is 2.57 bits per heavy atom. The standard InChI is InChI=1S/C21H26FN3O3/c1-14-11-17(22)7-6-16(14)9-10-24-21(23-2)25-13-15-5-8-18(20(26)28-4)19(12-15)27-3/h5-8,11-12H,9-10,13H2,1-4H3,(H2,23,24,25). The Bertz CT molecular complexity index is 853. The molecular weight excluding hydrogens is 361 g/mol. The number of nitrogens with one attached hydrogen (secondary N) is 2. The minimum absolute atomic E-state index is 0.222. The molecule has 2 aromatic rings. The normalized spacial score (nSPS) is 11.1. The molecule has 6 nitrogen and oxygen atoms in total. The molecule has 0 saturated heterocycles. The number of rotatable bonds is 7. The number of carbonyl (C=O) groups excluding carboxylic acids is 1. The zero-order chi connectivity index (χ0) is 20.5. The van der Waals surface area contributed by atoms with E-state index in [2.05, 4.69) is 15.6 Å². The van der Waals surface area contributed by atoms with Crippen molar-refractivity contribution < 1.29 is 18.7 Å². The Kier molecular flexibility index (Phi) is 7.80. The van der Waals surface area contributed by atoms with Crippen LogP contribution in [0.25, 0.3) is 0 Å². The molecular formula is C21H26FN3O3. The summed E-state index contributed by atoms with van der Waals surface area (Å²) in [6.07, 6.45) is 0.758. The van der Waals surface area contributed by atoms with Crippen LogP contribution in [0, 0.1) is 12.7 Å². The summed E-state index contributed by atoms with van der Waals surface area (Å²) in [6, 6.07) is 10.1. The molecule has 0 aliphatic carbocycles. The predicted octanol–water partition coefficient (Wildman–Crippen LogP) is 2.84. The van der Waals surface area contributed by atoms with Crippen LogP contribution in [-0.4, -0.2) is 39.7 Å². The Balaban J connectivity index is 1.90. The Morgan fingerprint density at radius 2 is 1.93 bits per heavy atom. The fraction of sp³-hybridized carbons (Fsp3) is 0.333. The summed E-state index contributed by atoms with van der Waals surface area (Å²) in [5.74, 6) is 0.446. The molecule has 0 aliphatic rings. The zero-order valence-corrected chi connectivity index (χ0v) is 16.6. The molecule has 0 saturated carbocycles. The summed E-state index contributed by atoms with van der Waals surface area (Å²) < 4.78 is 23.2. The smallest absolute Gasteiger partial charge is 0.341 e. The summed E-state index contributed by atoms with van der Waals surface area (Å²) in [6.45, 7) is 3.07. The monoisotopic (exact) mass is 387 g/mol. The van der Waals surface area contributed by atoms with E-state index in [0.29, 0.717) is 30.4 Å². The Morgan fingerprint density at radius 1 is 1.14 bits per heavy atom. The average molecular weight is 387 g/mol. The Labute approximate surface area is 164 Å². The lowest BCUT2D eigenvalue weighted by Gasteiger charge is -2.14. The second-order valence-electron chi connectivity index (χ2n) is 6.20. The van der Waals surface area contributed by atoms with Gasteiger partial charge in [0, 0.05) is 20.1 Å². The molecule has 0 fully saturated rings. The zero-order valence-electron chi connectivity index (χ0n) is 16.6. The van der Waals surface area contributed by atoms with Crippen LogP contribution in [0.1, 0.15) is 27.0 Å². The van der Waals surface area contributed by atoms with E-state index in [1.54, 1.807) is 25.2 Å². The van der Waals surface area contributed by atoms with Gasteiger partial charge in [-0.3, -0.25) is 4.99 Å². The fourth-order valence-electron chi connectivity index (χ4n) is 2.79. The van der Waals surface area contributed by atoms with Crippen molar-refractivity contribution in [3.05, 3.63) is 64.5 Å². The first kappa shape index (κ1) is 21.2. The van der Waals surface area contributed by atoms with Gasteiger partial charge < -0.3 is 20.1 Å². The predicted molar refractivity (Wildman–Crippen MR) is 107 cm³/mol. The number of methoxy groups -OCH3 is 2. The van der Waals surface area contributed by atoms with Gasteiger partial charge in [-0.25, -0.2) is 9.18 Å². The van der Waals surface area contributed by atoms with Crippen molar-refractivity contribution in [3.8, 4) is 5.75 Å². The van der Waals surface area contributed by atoms with Crippen LogP contribution in [0.3, 0.4) is 0 Å². The number of ether oxygens (including phenoxy) is 2. The van der Waals surface area contributed by atoms with Crippen molar-refractivity contribution in [1.82, 2.24) is 10.6 Å². The number of guanidine groups is 1. The average Bonchev–Trinajstić information content (AvgIpc) is 2.71. The van der Waals surface area contributed by atoms with Gasteiger partial charge in [-0.1, -0.05) is 12.1 Å². The van der Waals surface area contributed by atoms with Crippen LogP contribution < -0.4 is 15.4 Å². The van der Waals surface area contributed by atoms with Gasteiger partial charge in [0.1, 0.15) is 17.1 Å². The van der Waals surface area contributed by atoms with Gasteiger partial charge in [0.15, 0.2) is 5.96 Å². The van der Waals surface area contributed by atoms with E-state index in [-0.39, 0.29) is 5.82 Å². The van der Waals surface area contributed by atoms with E-state index in [1.165, 1.54) is 26.4 Å². The molecule has 0 aliphatic heterocycles. The van der Waals surface area contributed by atoms with Crippen LogP contribution in [-0.2, 0) is 17.7 Å². The van der Waals surface area contributed by atoms with Gasteiger partial charge in [0.2, 0.25) is 0 Å². The van der Waals surface area contributed by atoms with E-state index in [1.807, 2.05) is 13.0 Å². The number of esters is 1. The van der Waals surface area contributed by atoms with Gasteiger partial charge in [0.05, 0.1) is 14.2 Å². The van der Waals surface area contributed by atoms with Gasteiger partial charge in [-0.2, -0.15) is 0 Å². The number of halogens is 1. The van der Waals surface area contributed by atoms with Crippen LogP contribution >= 0.6 is 0 Å². The van der Waals surface area contributed by atoms with Gasteiger partial charge in [0.25, 0.3) is 0 Å². The van der Waals surface area contributed by atoms with E-state index in [0.717, 1.165) is 23.1 Å². The van der Waals surface area contributed by atoms with Crippen molar-refractivity contribution in [2.45, 2.75) is 19.9 Å². The van der Waals surface area contributed by atoms with Gasteiger partial charge in [-0.15, -0.1) is 0 Å². The second-order valence-corrected chi connectivity index (χ2v) is 6.20. The minimum Gasteiger partial charge on any atom is -0.496 e. The molecule has 2 aromatic carbocycles. The first-order valence-corrected chi connectivity index (χ1v) is 8.93.